The zero-order chi connectivity index (χ0) is 14.3. The minimum absolute atomic E-state index is 0.165. The minimum Gasteiger partial charge on any atom is -0.445 e. The lowest BCUT2D eigenvalue weighted by atomic mass is 10.1. The second kappa shape index (κ2) is 5.20. The maximum atomic E-state index is 12.5. The molecule has 0 saturated carbocycles. The van der Waals surface area contributed by atoms with Gasteiger partial charge in [-0.25, -0.2) is 4.98 Å². The maximum Gasteiger partial charge on any atom is 0.227 e. The molecule has 1 fully saturated rings. The number of likely N-dealkylation sites (tertiary alicyclic amines) is 1. The molecule has 0 spiro atoms. The fourth-order valence-electron chi connectivity index (χ4n) is 3.05. The van der Waals surface area contributed by atoms with Crippen LogP contribution in [-0.4, -0.2) is 47.4 Å². The predicted molar refractivity (Wildman–Crippen MR) is 75.3 cm³/mol. The van der Waals surface area contributed by atoms with Crippen LogP contribution >= 0.6 is 0 Å². The highest BCUT2D eigenvalue weighted by Crippen LogP contribution is 2.26. The molecule has 3 rings (SSSR count). The molecule has 0 bridgehead atoms. The van der Waals surface area contributed by atoms with E-state index in [9.17, 15) is 4.79 Å². The van der Waals surface area contributed by atoms with Crippen molar-refractivity contribution in [2.45, 2.75) is 39.2 Å². The lowest BCUT2D eigenvalue weighted by molar-refractivity contribution is -0.136. The summed E-state index contributed by atoms with van der Waals surface area (Å²) in [5.41, 5.74) is 0.958. The Kier molecular flexibility index (Phi) is 3.54. The summed E-state index contributed by atoms with van der Waals surface area (Å²) in [5.74, 6) is 2.52. The first-order valence-electron chi connectivity index (χ1n) is 7.50. The third-order valence-corrected chi connectivity index (χ3v) is 4.29. The van der Waals surface area contributed by atoms with Crippen LogP contribution in [0.25, 0.3) is 0 Å². The third-order valence-electron chi connectivity index (χ3n) is 4.29. The van der Waals surface area contributed by atoms with E-state index in [0.29, 0.717) is 12.5 Å². The number of fused-ring (bicyclic) bond motifs is 1. The number of carbonyl (C=O) groups is 1. The van der Waals surface area contributed by atoms with Crippen molar-refractivity contribution in [2.75, 3.05) is 26.7 Å². The number of nitrogens with zero attached hydrogens (tertiary/aromatic N) is 3. The highest BCUT2D eigenvalue weighted by Gasteiger charge is 2.33. The van der Waals surface area contributed by atoms with Crippen molar-refractivity contribution in [1.29, 1.82) is 0 Å². The summed E-state index contributed by atoms with van der Waals surface area (Å²) >= 11 is 0. The normalized spacial score (nSPS) is 23.4. The van der Waals surface area contributed by atoms with Gasteiger partial charge in [-0.05, 0) is 20.0 Å². The molecule has 2 aliphatic rings. The van der Waals surface area contributed by atoms with Crippen molar-refractivity contribution in [3.8, 4) is 0 Å². The monoisotopic (exact) mass is 277 g/mol. The molecule has 5 nitrogen and oxygen atoms in total. The van der Waals surface area contributed by atoms with Gasteiger partial charge in [-0.1, -0.05) is 13.8 Å². The number of aromatic nitrogens is 1. The Morgan fingerprint density at radius 1 is 1.40 bits per heavy atom. The molecule has 0 aromatic carbocycles. The van der Waals surface area contributed by atoms with E-state index >= 15 is 0 Å². The molecular formula is C15H23N3O2. The second-order valence-electron chi connectivity index (χ2n) is 6.33. The quantitative estimate of drug-likeness (QED) is 0.824. The van der Waals surface area contributed by atoms with Crippen LogP contribution in [0.3, 0.4) is 0 Å². The Labute approximate surface area is 119 Å². The lowest BCUT2D eigenvalue weighted by Gasteiger charge is -2.27. The smallest absolute Gasteiger partial charge is 0.227 e. The minimum atomic E-state index is 0.165. The van der Waals surface area contributed by atoms with E-state index in [4.69, 9.17) is 4.42 Å². The van der Waals surface area contributed by atoms with Crippen LogP contribution in [0.15, 0.2) is 4.42 Å². The van der Waals surface area contributed by atoms with Crippen molar-refractivity contribution >= 4 is 5.91 Å². The molecule has 1 aromatic rings. The Morgan fingerprint density at radius 2 is 2.20 bits per heavy atom. The van der Waals surface area contributed by atoms with E-state index in [0.717, 1.165) is 49.8 Å². The first kappa shape index (κ1) is 13.6. The molecule has 2 aliphatic heterocycles. The summed E-state index contributed by atoms with van der Waals surface area (Å²) in [6.07, 6.45) is 1.78. The highest BCUT2D eigenvalue weighted by atomic mass is 16.4. The third kappa shape index (κ3) is 2.46. The average molecular weight is 277 g/mol. The standard InChI is InChI=1S/C15H23N3O2/c1-10(2)14-16-12-9-18(7-5-13(12)20-14)15(19)11-4-6-17(3)8-11/h10-11H,4-9H2,1-3H3. The first-order chi connectivity index (χ1) is 9.54. The zero-order valence-corrected chi connectivity index (χ0v) is 12.6. The lowest BCUT2D eigenvalue weighted by Crippen LogP contribution is -2.40. The van der Waals surface area contributed by atoms with Crippen LogP contribution in [-0.2, 0) is 17.8 Å². The van der Waals surface area contributed by atoms with E-state index in [1.54, 1.807) is 0 Å². The molecule has 1 amide bonds. The van der Waals surface area contributed by atoms with E-state index in [1.165, 1.54) is 0 Å². The van der Waals surface area contributed by atoms with Crippen LogP contribution in [0.2, 0.25) is 0 Å². The molecule has 1 atom stereocenters. The maximum absolute atomic E-state index is 12.5. The number of oxazole rings is 1. The topological polar surface area (TPSA) is 49.6 Å². The number of hydrogen-bond acceptors (Lipinski definition) is 4. The van der Waals surface area contributed by atoms with Gasteiger partial charge in [0, 0.05) is 25.4 Å². The first-order valence-corrected chi connectivity index (χ1v) is 7.50. The molecule has 1 saturated heterocycles. The Hall–Kier alpha value is -1.36. The second-order valence-corrected chi connectivity index (χ2v) is 6.33. The fraction of sp³-hybridized carbons (Fsp3) is 0.733. The molecule has 1 aromatic heterocycles. The van der Waals surface area contributed by atoms with E-state index in [2.05, 4.69) is 30.8 Å². The van der Waals surface area contributed by atoms with Crippen molar-refractivity contribution in [3.63, 3.8) is 0 Å². The van der Waals surface area contributed by atoms with E-state index in [1.807, 2.05) is 4.90 Å². The molecule has 5 heteroatoms. The summed E-state index contributed by atoms with van der Waals surface area (Å²) in [5, 5.41) is 0. The molecule has 0 radical (unpaired) electrons. The van der Waals surface area contributed by atoms with Crippen LogP contribution in [0, 0.1) is 5.92 Å². The molecule has 0 aliphatic carbocycles. The van der Waals surface area contributed by atoms with Gasteiger partial charge in [-0.3, -0.25) is 4.79 Å². The Morgan fingerprint density at radius 3 is 2.85 bits per heavy atom. The van der Waals surface area contributed by atoms with Gasteiger partial charge in [0.05, 0.1) is 12.5 Å². The van der Waals surface area contributed by atoms with Gasteiger partial charge < -0.3 is 14.2 Å². The zero-order valence-electron chi connectivity index (χ0n) is 12.6. The predicted octanol–water partition coefficient (Wildman–Crippen LogP) is 1.63. The van der Waals surface area contributed by atoms with Gasteiger partial charge in [0.15, 0.2) is 5.89 Å². The highest BCUT2D eigenvalue weighted by molar-refractivity contribution is 5.79. The largest absolute Gasteiger partial charge is 0.445 e. The molecular weight excluding hydrogens is 254 g/mol. The number of amides is 1. The molecule has 3 heterocycles. The number of hydrogen-bond donors (Lipinski definition) is 0. The molecule has 1 unspecified atom stereocenters. The molecule has 20 heavy (non-hydrogen) atoms. The van der Waals surface area contributed by atoms with Crippen LogP contribution in [0.1, 0.15) is 43.5 Å². The van der Waals surface area contributed by atoms with Gasteiger partial charge >= 0.3 is 0 Å². The van der Waals surface area contributed by atoms with Gasteiger partial charge in [-0.15, -0.1) is 0 Å². The van der Waals surface area contributed by atoms with E-state index < -0.39 is 0 Å². The molecule has 110 valence electrons. The summed E-state index contributed by atoms with van der Waals surface area (Å²) in [6.45, 7) is 7.45. The van der Waals surface area contributed by atoms with Crippen LogP contribution < -0.4 is 0 Å². The summed E-state index contributed by atoms with van der Waals surface area (Å²) < 4.78 is 5.78. The number of rotatable bonds is 2. The Balaban J connectivity index is 1.70. The number of carbonyl (C=O) groups excluding carboxylic acids is 1. The van der Waals surface area contributed by atoms with E-state index in [-0.39, 0.29) is 11.8 Å². The van der Waals surface area contributed by atoms with Gasteiger partial charge in [0.25, 0.3) is 0 Å². The SMILES string of the molecule is CC(C)c1nc2c(o1)CCN(C(=O)C1CCN(C)C1)C2. The van der Waals surface area contributed by atoms with Crippen molar-refractivity contribution < 1.29 is 9.21 Å². The summed E-state index contributed by atoms with van der Waals surface area (Å²) in [4.78, 5) is 21.3. The van der Waals surface area contributed by atoms with Gasteiger partial charge in [-0.2, -0.15) is 0 Å². The fourth-order valence-corrected chi connectivity index (χ4v) is 3.05. The van der Waals surface area contributed by atoms with Crippen molar-refractivity contribution in [3.05, 3.63) is 17.3 Å². The Bertz CT molecular complexity index is 509. The van der Waals surface area contributed by atoms with Crippen molar-refractivity contribution in [2.24, 2.45) is 5.92 Å². The van der Waals surface area contributed by atoms with Crippen molar-refractivity contribution in [1.82, 2.24) is 14.8 Å². The van der Waals surface area contributed by atoms with Gasteiger partial charge in [0.2, 0.25) is 5.91 Å². The summed E-state index contributed by atoms with van der Waals surface area (Å²) in [7, 11) is 2.08. The summed E-state index contributed by atoms with van der Waals surface area (Å²) in [6, 6.07) is 0. The van der Waals surface area contributed by atoms with Crippen LogP contribution in [0.4, 0.5) is 0 Å². The molecule has 0 N–H and O–H groups in total. The van der Waals surface area contributed by atoms with Gasteiger partial charge in [0.1, 0.15) is 11.5 Å². The van der Waals surface area contributed by atoms with Crippen LogP contribution in [0.5, 0.6) is 0 Å². The average Bonchev–Trinajstić information content (AvgIpc) is 3.02.